The van der Waals surface area contributed by atoms with Crippen molar-refractivity contribution in [2.45, 2.75) is 46.0 Å². The Bertz CT molecular complexity index is 647. The van der Waals surface area contributed by atoms with Crippen molar-refractivity contribution in [2.75, 3.05) is 5.73 Å². The number of nitrogen functional groups attached to an aromatic ring is 1. The molecule has 0 spiro atoms. The highest BCUT2D eigenvalue weighted by molar-refractivity contribution is 5.64. The lowest BCUT2D eigenvalue weighted by atomic mass is 10.0. The van der Waals surface area contributed by atoms with E-state index in [1.807, 2.05) is 0 Å². The Morgan fingerprint density at radius 2 is 1.80 bits per heavy atom. The summed E-state index contributed by atoms with van der Waals surface area (Å²) >= 11 is 0. The molecule has 0 saturated carbocycles. The third kappa shape index (κ3) is 2.28. The molecule has 0 unspecified atom stereocenters. The van der Waals surface area contributed by atoms with E-state index in [4.69, 9.17) is 10.7 Å². The van der Waals surface area contributed by atoms with E-state index in [9.17, 15) is 0 Å². The molecule has 0 fully saturated rings. The molecule has 1 aliphatic carbocycles. The lowest BCUT2D eigenvalue weighted by molar-refractivity contribution is 0.709. The molecule has 3 rings (SSSR count). The molecule has 0 saturated heterocycles. The molecule has 1 aliphatic rings. The van der Waals surface area contributed by atoms with Crippen molar-refractivity contribution in [3.8, 4) is 11.4 Å². The first-order valence-electron chi connectivity index (χ1n) is 7.38. The van der Waals surface area contributed by atoms with Crippen LogP contribution in [0.5, 0.6) is 0 Å². The fraction of sp³-hybridized carbons (Fsp3) is 0.412. The summed E-state index contributed by atoms with van der Waals surface area (Å²) in [5, 5.41) is 0. The van der Waals surface area contributed by atoms with Crippen molar-refractivity contribution in [1.29, 1.82) is 0 Å². The van der Waals surface area contributed by atoms with Gasteiger partial charge in [0.15, 0.2) is 5.82 Å². The van der Waals surface area contributed by atoms with Crippen molar-refractivity contribution in [2.24, 2.45) is 0 Å². The maximum atomic E-state index is 6.19. The zero-order valence-electron chi connectivity index (χ0n) is 12.2. The largest absolute Gasteiger partial charge is 0.383 e. The molecule has 0 radical (unpaired) electrons. The van der Waals surface area contributed by atoms with Crippen LogP contribution < -0.4 is 5.73 Å². The molecule has 2 N–H and O–H groups in total. The normalized spacial score (nSPS) is 14.7. The standard InChI is InChI=1S/C17H21N3/c1-11-7-6-9-13(12(11)2)17-19-15-10-5-3-4-8-14(15)16(18)20-17/h6-7,9H,3-5,8,10H2,1-2H3,(H2,18,19,20). The van der Waals surface area contributed by atoms with Gasteiger partial charge in [-0.05, 0) is 50.7 Å². The Labute approximate surface area is 120 Å². The first-order valence-corrected chi connectivity index (χ1v) is 7.38. The van der Waals surface area contributed by atoms with Crippen LogP contribution in [0.15, 0.2) is 18.2 Å². The monoisotopic (exact) mass is 267 g/mol. The van der Waals surface area contributed by atoms with E-state index in [0.717, 1.165) is 29.9 Å². The molecule has 1 heterocycles. The number of aryl methyl sites for hydroxylation is 2. The van der Waals surface area contributed by atoms with E-state index in [0.29, 0.717) is 5.82 Å². The van der Waals surface area contributed by atoms with Crippen LogP contribution in [0.1, 0.15) is 41.6 Å². The SMILES string of the molecule is Cc1cccc(-c2nc(N)c3c(n2)CCCCC3)c1C. The van der Waals surface area contributed by atoms with E-state index >= 15 is 0 Å². The Balaban J connectivity index is 2.13. The highest BCUT2D eigenvalue weighted by atomic mass is 15.0. The summed E-state index contributed by atoms with van der Waals surface area (Å²) in [6.45, 7) is 4.24. The Hall–Kier alpha value is -1.90. The van der Waals surface area contributed by atoms with Gasteiger partial charge < -0.3 is 5.73 Å². The van der Waals surface area contributed by atoms with Gasteiger partial charge >= 0.3 is 0 Å². The van der Waals surface area contributed by atoms with E-state index < -0.39 is 0 Å². The van der Waals surface area contributed by atoms with E-state index in [2.05, 4.69) is 37.0 Å². The molecule has 20 heavy (non-hydrogen) atoms. The number of nitrogens with two attached hydrogens (primary N) is 1. The van der Waals surface area contributed by atoms with Crippen LogP contribution in [-0.2, 0) is 12.8 Å². The number of hydrogen-bond acceptors (Lipinski definition) is 3. The lowest BCUT2D eigenvalue weighted by Crippen LogP contribution is -2.07. The number of benzene rings is 1. The Morgan fingerprint density at radius 1 is 1.00 bits per heavy atom. The van der Waals surface area contributed by atoms with E-state index in [-0.39, 0.29) is 0 Å². The van der Waals surface area contributed by atoms with Gasteiger partial charge in [0.25, 0.3) is 0 Å². The average molecular weight is 267 g/mol. The predicted octanol–water partition coefficient (Wildman–Crippen LogP) is 3.61. The van der Waals surface area contributed by atoms with E-state index in [1.165, 1.54) is 36.0 Å². The summed E-state index contributed by atoms with van der Waals surface area (Å²) < 4.78 is 0. The number of nitrogens with zero attached hydrogens (tertiary/aromatic N) is 2. The molecule has 3 nitrogen and oxygen atoms in total. The molecule has 0 bridgehead atoms. The maximum absolute atomic E-state index is 6.19. The minimum absolute atomic E-state index is 0.674. The van der Waals surface area contributed by atoms with Crippen LogP contribution in [0.4, 0.5) is 5.82 Å². The summed E-state index contributed by atoms with van der Waals surface area (Å²) in [6.07, 6.45) is 5.71. The number of rotatable bonds is 1. The highest BCUT2D eigenvalue weighted by Crippen LogP contribution is 2.28. The van der Waals surface area contributed by atoms with Crippen molar-refractivity contribution < 1.29 is 0 Å². The zero-order valence-corrected chi connectivity index (χ0v) is 12.2. The second-order valence-electron chi connectivity index (χ2n) is 5.67. The van der Waals surface area contributed by atoms with Gasteiger partial charge in [0.05, 0.1) is 0 Å². The van der Waals surface area contributed by atoms with Crippen molar-refractivity contribution in [1.82, 2.24) is 9.97 Å². The molecule has 0 aliphatic heterocycles. The quantitative estimate of drug-likeness (QED) is 0.803. The third-order valence-corrected chi connectivity index (χ3v) is 4.31. The van der Waals surface area contributed by atoms with Crippen LogP contribution >= 0.6 is 0 Å². The smallest absolute Gasteiger partial charge is 0.162 e. The molecule has 104 valence electrons. The maximum Gasteiger partial charge on any atom is 0.162 e. The second-order valence-corrected chi connectivity index (χ2v) is 5.67. The summed E-state index contributed by atoms with van der Waals surface area (Å²) in [6, 6.07) is 6.26. The van der Waals surface area contributed by atoms with Crippen molar-refractivity contribution in [3.63, 3.8) is 0 Å². The fourth-order valence-electron chi connectivity index (χ4n) is 2.91. The van der Waals surface area contributed by atoms with Gasteiger partial charge in [-0.15, -0.1) is 0 Å². The summed E-state index contributed by atoms with van der Waals surface area (Å²) in [5.41, 5.74) is 12.1. The number of anilines is 1. The molecule has 1 aromatic carbocycles. The van der Waals surface area contributed by atoms with Gasteiger partial charge in [-0.2, -0.15) is 0 Å². The highest BCUT2D eigenvalue weighted by Gasteiger charge is 2.16. The molecular weight excluding hydrogens is 246 g/mol. The van der Waals surface area contributed by atoms with Crippen LogP contribution in [0, 0.1) is 13.8 Å². The molecule has 2 aromatic rings. The topological polar surface area (TPSA) is 51.8 Å². The summed E-state index contributed by atoms with van der Waals surface area (Å²) in [4.78, 5) is 9.38. The minimum atomic E-state index is 0.674. The van der Waals surface area contributed by atoms with Crippen LogP contribution in [0.2, 0.25) is 0 Å². The Morgan fingerprint density at radius 3 is 2.65 bits per heavy atom. The van der Waals surface area contributed by atoms with Gasteiger partial charge in [0.1, 0.15) is 5.82 Å². The van der Waals surface area contributed by atoms with Crippen LogP contribution in [0.3, 0.4) is 0 Å². The van der Waals surface area contributed by atoms with Crippen LogP contribution in [0.25, 0.3) is 11.4 Å². The molecule has 0 amide bonds. The number of aromatic nitrogens is 2. The molecule has 1 aromatic heterocycles. The van der Waals surface area contributed by atoms with E-state index in [1.54, 1.807) is 0 Å². The average Bonchev–Trinajstić information content (AvgIpc) is 2.67. The third-order valence-electron chi connectivity index (χ3n) is 4.31. The van der Waals surface area contributed by atoms with Crippen molar-refractivity contribution in [3.05, 3.63) is 40.6 Å². The molecular formula is C17H21N3. The number of fused-ring (bicyclic) bond motifs is 1. The zero-order chi connectivity index (χ0) is 14.1. The van der Waals surface area contributed by atoms with Gasteiger partial charge in [0.2, 0.25) is 0 Å². The Kier molecular flexibility index (Phi) is 3.43. The van der Waals surface area contributed by atoms with Crippen molar-refractivity contribution >= 4 is 5.82 Å². The van der Waals surface area contributed by atoms with Gasteiger partial charge in [-0.3, -0.25) is 0 Å². The second kappa shape index (κ2) is 5.23. The fourth-order valence-corrected chi connectivity index (χ4v) is 2.91. The minimum Gasteiger partial charge on any atom is -0.383 e. The van der Waals surface area contributed by atoms with Gasteiger partial charge in [-0.25, -0.2) is 9.97 Å². The van der Waals surface area contributed by atoms with Crippen LogP contribution in [-0.4, -0.2) is 9.97 Å². The predicted molar refractivity (Wildman–Crippen MR) is 82.6 cm³/mol. The lowest BCUT2D eigenvalue weighted by Gasteiger charge is -2.12. The summed E-state index contributed by atoms with van der Waals surface area (Å²) in [7, 11) is 0. The summed E-state index contributed by atoms with van der Waals surface area (Å²) in [5.74, 6) is 1.46. The molecule has 3 heteroatoms. The first-order chi connectivity index (χ1) is 9.66. The molecule has 0 atom stereocenters. The van der Waals surface area contributed by atoms with Gasteiger partial charge in [-0.1, -0.05) is 24.6 Å². The van der Waals surface area contributed by atoms with Gasteiger partial charge in [0, 0.05) is 16.8 Å². The number of hydrogen-bond donors (Lipinski definition) is 1. The first kappa shape index (κ1) is 13.1.